The van der Waals surface area contributed by atoms with Crippen molar-refractivity contribution in [1.82, 2.24) is 15.3 Å². The number of hydrogen-bond donors (Lipinski definition) is 3. The number of benzene rings is 1. The first-order valence-corrected chi connectivity index (χ1v) is 6.17. The molecule has 1 aromatic carbocycles. The molecule has 0 radical (unpaired) electrons. The van der Waals surface area contributed by atoms with Gasteiger partial charge in [0, 0.05) is 17.8 Å². The zero-order chi connectivity index (χ0) is 14.4. The molecule has 0 spiro atoms. The van der Waals surface area contributed by atoms with E-state index in [-0.39, 0.29) is 5.69 Å². The Balaban J connectivity index is 0.000000151. The summed E-state index contributed by atoms with van der Waals surface area (Å²) in [5, 5.41) is 3.86. The lowest BCUT2D eigenvalue weighted by atomic mass is 10.2. The van der Waals surface area contributed by atoms with E-state index in [9.17, 15) is 4.79 Å². The Morgan fingerprint density at radius 1 is 1.20 bits per heavy atom. The number of H-pyrrole nitrogens is 1. The van der Waals surface area contributed by atoms with E-state index in [1.807, 2.05) is 55.6 Å². The number of aromatic amines is 1. The second-order valence-electron chi connectivity index (χ2n) is 4.23. The number of para-hydroxylation sites is 1. The Labute approximate surface area is 116 Å². The van der Waals surface area contributed by atoms with Crippen LogP contribution in [0.4, 0.5) is 0 Å². The van der Waals surface area contributed by atoms with Crippen LogP contribution in [0.2, 0.25) is 0 Å². The molecule has 1 aliphatic rings. The van der Waals surface area contributed by atoms with Crippen LogP contribution in [0.3, 0.4) is 0 Å². The molecule has 3 rings (SSSR count). The minimum absolute atomic E-state index is 0.302. The number of nitrogens with two attached hydrogens (primary N) is 1. The second-order valence-corrected chi connectivity index (χ2v) is 4.23. The van der Waals surface area contributed by atoms with Crippen LogP contribution in [0.15, 0.2) is 71.1 Å². The van der Waals surface area contributed by atoms with Crippen molar-refractivity contribution in [2.75, 3.05) is 0 Å². The standard InChI is InChI=1S/C8H6N2O.C7H10N2/c11-8-9-5-6-3-1-2-4-7(6)10-8;1-6-4-2-3-5-9-7(6)8/h1-5H,(H,9,10,11);2-5,9H,8H2,1H3. The molecule has 0 saturated carbocycles. The zero-order valence-corrected chi connectivity index (χ0v) is 11.1. The molecule has 1 aromatic heterocycles. The lowest BCUT2D eigenvalue weighted by molar-refractivity contribution is 1.01. The van der Waals surface area contributed by atoms with Crippen LogP contribution in [0.25, 0.3) is 10.9 Å². The molecule has 0 amide bonds. The number of fused-ring (bicyclic) bond motifs is 1. The number of allylic oxidation sites excluding steroid dienone is 4. The number of nitrogens with one attached hydrogen (secondary N) is 2. The fraction of sp³-hybridized carbons (Fsp3) is 0.0667. The summed E-state index contributed by atoms with van der Waals surface area (Å²) in [4.78, 5) is 16.9. The molecule has 102 valence electrons. The third-order valence-corrected chi connectivity index (χ3v) is 2.74. The zero-order valence-electron chi connectivity index (χ0n) is 11.1. The van der Waals surface area contributed by atoms with Gasteiger partial charge in [0.05, 0.1) is 5.52 Å². The maximum atomic E-state index is 10.7. The summed E-state index contributed by atoms with van der Waals surface area (Å²) < 4.78 is 0. The van der Waals surface area contributed by atoms with Gasteiger partial charge >= 0.3 is 5.69 Å². The maximum Gasteiger partial charge on any atom is 0.345 e. The number of aromatic nitrogens is 2. The van der Waals surface area contributed by atoms with E-state index in [2.05, 4.69) is 15.3 Å². The fourth-order valence-corrected chi connectivity index (χ4v) is 1.60. The van der Waals surface area contributed by atoms with Gasteiger partial charge in [-0.05, 0) is 24.6 Å². The van der Waals surface area contributed by atoms with Crippen LogP contribution in [0, 0.1) is 0 Å². The van der Waals surface area contributed by atoms with Gasteiger partial charge < -0.3 is 16.0 Å². The third kappa shape index (κ3) is 3.58. The van der Waals surface area contributed by atoms with Crippen molar-refractivity contribution in [3.63, 3.8) is 0 Å². The van der Waals surface area contributed by atoms with Crippen LogP contribution >= 0.6 is 0 Å². The van der Waals surface area contributed by atoms with Crippen LogP contribution < -0.4 is 16.7 Å². The highest BCUT2D eigenvalue weighted by molar-refractivity contribution is 5.76. The predicted octanol–water partition coefficient (Wildman–Crippen LogP) is 1.77. The minimum atomic E-state index is -0.302. The second kappa shape index (κ2) is 6.38. The van der Waals surface area contributed by atoms with Crippen molar-refractivity contribution in [3.8, 4) is 0 Å². The van der Waals surface area contributed by atoms with E-state index >= 15 is 0 Å². The summed E-state index contributed by atoms with van der Waals surface area (Å²) in [7, 11) is 0. The molecule has 0 fully saturated rings. The smallest absolute Gasteiger partial charge is 0.345 e. The minimum Gasteiger partial charge on any atom is -0.385 e. The van der Waals surface area contributed by atoms with Crippen molar-refractivity contribution in [3.05, 3.63) is 76.8 Å². The van der Waals surface area contributed by atoms with Crippen LogP contribution in [-0.4, -0.2) is 9.97 Å². The van der Waals surface area contributed by atoms with Crippen LogP contribution in [0.1, 0.15) is 6.92 Å². The Morgan fingerprint density at radius 2 is 2.00 bits per heavy atom. The van der Waals surface area contributed by atoms with Gasteiger partial charge in [-0.2, -0.15) is 0 Å². The predicted molar refractivity (Wildman–Crippen MR) is 80.7 cm³/mol. The first-order chi connectivity index (χ1) is 9.66. The Kier molecular flexibility index (Phi) is 4.34. The van der Waals surface area contributed by atoms with Gasteiger partial charge in [0.2, 0.25) is 0 Å². The Hall–Kier alpha value is -2.82. The summed E-state index contributed by atoms with van der Waals surface area (Å²) in [5.74, 6) is 0.722. The monoisotopic (exact) mass is 268 g/mol. The molecule has 2 heterocycles. The van der Waals surface area contributed by atoms with E-state index in [4.69, 9.17) is 5.73 Å². The van der Waals surface area contributed by atoms with Crippen molar-refractivity contribution in [1.29, 1.82) is 0 Å². The average molecular weight is 268 g/mol. The highest BCUT2D eigenvalue weighted by Gasteiger charge is 1.91. The van der Waals surface area contributed by atoms with E-state index in [0.29, 0.717) is 0 Å². The fourth-order valence-electron chi connectivity index (χ4n) is 1.60. The molecular formula is C15H16N4O. The molecule has 0 saturated heterocycles. The molecule has 20 heavy (non-hydrogen) atoms. The van der Waals surface area contributed by atoms with Crippen molar-refractivity contribution in [2.24, 2.45) is 5.73 Å². The number of nitrogens with zero attached hydrogens (tertiary/aromatic N) is 1. The van der Waals surface area contributed by atoms with Crippen LogP contribution in [-0.2, 0) is 0 Å². The molecule has 4 N–H and O–H groups in total. The van der Waals surface area contributed by atoms with Gasteiger partial charge in [-0.25, -0.2) is 9.78 Å². The van der Waals surface area contributed by atoms with Gasteiger partial charge in [0.1, 0.15) is 5.82 Å². The number of rotatable bonds is 0. The SMILES string of the molecule is CC1=C(N)NC=CC=C1.O=c1ncc2ccccc2[nH]1. The summed E-state index contributed by atoms with van der Waals surface area (Å²) in [6, 6.07) is 7.53. The molecular weight excluding hydrogens is 252 g/mol. The van der Waals surface area contributed by atoms with Gasteiger partial charge in [0.15, 0.2) is 0 Å². The third-order valence-electron chi connectivity index (χ3n) is 2.74. The van der Waals surface area contributed by atoms with Gasteiger partial charge in [0.25, 0.3) is 0 Å². The largest absolute Gasteiger partial charge is 0.385 e. The van der Waals surface area contributed by atoms with Crippen LogP contribution in [0.5, 0.6) is 0 Å². The van der Waals surface area contributed by atoms with E-state index in [0.717, 1.165) is 22.3 Å². The quantitative estimate of drug-likeness (QED) is 0.680. The normalized spacial score (nSPS) is 13.4. The lowest BCUT2D eigenvalue weighted by Gasteiger charge is -1.99. The highest BCUT2D eigenvalue weighted by atomic mass is 16.1. The van der Waals surface area contributed by atoms with E-state index in [1.165, 1.54) is 0 Å². The topological polar surface area (TPSA) is 83.8 Å². The molecule has 0 atom stereocenters. The van der Waals surface area contributed by atoms with Crippen molar-refractivity contribution < 1.29 is 0 Å². The lowest BCUT2D eigenvalue weighted by Crippen LogP contribution is -2.14. The summed E-state index contributed by atoms with van der Waals surface area (Å²) in [6.07, 6.45) is 9.19. The van der Waals surface area contributed by atoms with Gasteiger partial charge in [-0.1, -0.05) is 30.4 Å². The molecule has 1 aliphatic heterocycles. The highest BCUT2D eigenvalue weighted by Crippen LogP contribution is 2.05. The van der Waals surface area contributed by atoms with Crippen molar-refractivity contribution >= 4 is 10.9 Å². The molecule has 2 aromatic rings. The molecule has 0 bridgehead atoms. The van der Waals surface area contributed by atoms with E-state index < -0.39 is 0 Å². The molecule has 0 aliphatic carbocycles. The maximum absolute atomic E-state index is 10.7. The van der Waals surface area contributed by atoms with E-state index in [1.54, 1.807) is 6.20 Å². The number of hydrogen-bond acceptors (Lipinski definition) is 4. The first kappa shape index (κ1) is 13.6. The molecule has 5 heteroatoms. The Morgan fingerprint density at radius 3 is 2.85 bits per heavy atom. The average Bonchev–Trinajstić information content (AvgIpc) is 2.64. The summed E-state index contributed by atoms with van der Waals surface area (Å²) >= 11 is 0. The molecule has 0 unspecified atom stereocenters. The van der Waals surface area contributed by atoms with Gasteiger partial charge in [-0.3, -0.25) is 0 Å². The summed E-state index contributed by atoms with van der Waals surface area (Å²) in [5.41, 5.74) is 7.14. The van der Waals surface area contributed by atoms with Crippen molar-refractivity contribution in [2.45, 2.75) is 6.92 Å². The molecule has 5 nitrogen and oxygen atoms in total. The van der Waals surface area contributed by atoms with Gasteiger partial charge in [-0.15, -0.1) is 0 Å². The Bertz CT molecular complexity index is 741. The first-order valence-electron chi connectivity index (χ1n) is 6.17. The summed E-state index contributed by atoms with van der Waals surface area (Å²) in [6.45, 7) is 1.96.